The number of halogens is 3. The molecule has 2 aromatic rings. The molecule has 0 spiro atoms. The predicted molar refractivity (Wildman–Crippen MR) is 99.2 cm³/mol. The Hall–Kier alpha value is -2.81. The van der Waals surface area contributed by atoms with Gasteiger partial charge in [-0.1, -0.05) is 6.07 Å². The number of pyridine rings is 1. The van der Waals surface area contributed by atoms with Gasteiger partial charge in [-0.05, 0) is 43.3 Å². The fourth-order valence-corrected chi connectivity index (χ4v) is 3.03. The van der Waals surface area contributed by atoms with E-state index < -0.39 is 6.36 Å². The van der Waals surface area contributed by atoms with Gasteiger partial charge in [-0.2, -0.15) is 0 Å². The van der Waals surface area contributed by atoms with Crippen molar-refractivity contribution in [2.45, 2.75) is 19.3 Å². The van der Waals surface area contributed by atoms with Gasteiger partial charge < -0.3 is 15.0 Å². The smallest absolute Gasteiger partial charge is 0.406 e. The van der Waals surface area contributed by atoms with Crippen molar-refractivity contribution in [3.05, 3.63) is 48.7 Å². The van der Waals surface area contributed by atoms with E-state index in [1.807, 2.05) is 25.1 Å². The molecule has 1 aromatic carbocycles. The van der Waals surface area contributed by atoms with E-state index in [1.165, 1.54) is 24.3 Å². The molecule has 0 bridgehead atoms. The van der Waals surface area contributed by atoms with Crippen LogP contribution >= 0.6 is 0 Å². The number of nitrogens with zero attached hydrogens (tertiary/aromatic N) is 3. The lowest BCUT2D eigenvalue weighted by Crippen LogP contribution is -2.53. The summed E-state index contributed by atoms with van der Waals surface area (Å²) in [7, 11) is 0. The summed E-state index contributed by atoms with van der Waals surface area (Å²) in [4.78, 5) is 21.1. The number of benzene rings is 1. The van der Waals surface area contributed by atoms with E-state index in [-0.39, 0.29) is 17.7 Å². The summed E-state index contributed by atoms with van der Waals surface area (Å²) in [6, 6.07) is 10.5. The van der Waals surface area contributed by atoms with Crippen LogP contribution in [0.1, 0.15) is 6.92 Å². The Labute approximate surface area is 160 Å². The second-order valence-corrected chi connectivity index (χ2v) is 6.45. The Balaban J connectivity index is 1.51. The maximum absolute atomic E-state index is 12.5. The highest BCUT2D eigenvalue weighted by atomic mass is 19.4. The second-order valence-electron chi connectivity index (χ2n) is 6.45. The lowest BCUT2D eigenvalue weighted by Gasteiger charge is -2.37. The molecule has 1 aliphatic rings. The molecule has 1 saturated heterocycles. The summed E-state index contributed by atoms with van der Waals surface area (Å²) >= 11 is 0. The van der Waals surface area contributed by atoms with Gasteiger partial charge in [0.15, 0.2) is 0 Å². The van der Waals surface area contributed by atoms with E-state index in [0.717, 1.165) is 18.9 Å². The third kappa shape index (κ3) is 5.35. The molecule has 6 nitrogen and oxygen atoms in total. The number of aromatic nitrogens is 1. The lowest BCUT2D eigenvalue weighted by atomic mass is 10.2. The zero-order valence-corrected chi connectivity index (χ0v) is 15.3. The molecule has 9 heteroatoms. The Bertz CT molecular complexity index is 776. The normalized spacial score (nSPS) is 16.5. The minimum Gasteiger partial charge on any atom is -0.406 e. The van der Waals surface area contributed by atoms with E-state index in [2.05, 4.69) is 24.8 Å². The topological polar surface area (TPSA) is 57.7 Å². The first kappa shape index (κ1) is 19.9. The van der Waals surface area contributed by atoms with Gasteiger partial charge in [0.2, 0.25) is 5.91 Å². The van der Waals surface area contributed by atoms with E-state index >= 15 is 0 Å². The molecule has 0 saturated carbocycles. The highest BCUT2D eigenvalue weighted by Crippen LogP contribution is 2.24. The van der Waals surface area contributed by atoms with Crippen molar-refractivity contribution in [1.82, 2.24) is 9.88 Å². The number of amides is 1. The van der Waals surface area contributed by atoms with Gasteiger partial charge in [0.1, 0.15) is 11.6 Å². The highest BCUT2D eigenvalue weighted by molar-refractivity contribution is 5.94. The van der Waals surface area contributed by atoms with Gasteiger partial charge in [0, 0.05) is 38.1 Å². The van der Waals surface area contributed by atoms with Crippen molar-refractivity contribution in [3.8, 4) is 5.75 Å². The quantitative estimate of drug-likeness (QED) is 0.845. The van der Waals surface area contributed by atoms with Gasteiger partial charge >= 0.3 is 6.36 Å². The van der Waals surface area contributed by atoms with Crippen molar-refractivity contribution in [1.29, 1.82) is 0 Å². The number of rotatable bonds is 5. The molecule has 150 valence electrons. The molecule has 1 fully saturated rings. The monoisotopic (exact) mass is 394 g/mol. The Morgan fingerprint density at radius 3 is 2.36 bits per heavy atom. The van der Waals surface area contributed by atoms with Crippen LogP contribution in [0.2, 0.25) is 0 Å². The number of ether oxygens (including phenoxy) is 1. The third-order valence-corrected chi connectivity index (χ3v) is 4.57. The summed E-state index contributed by atoms with van der Waals surface area (Å²) in [5, 5.41) is 2.73. The molecule has 2 heterocycles. The number of hydrogen-bond donors (Lipinski definition) is 1. The number of nitrogens with one attached hydrogen (secondary N) is 1. The van der Waals surface area contributed by atoms with E-state index in [4.69, 9.17) is 0 Å². The molecule has 0 unspecified atom stereocenters. The van der Waals surface area contributed by atoms with Gasteiger partial charge in [-0.15, -0.1) is 13.2 Å². The lowest BCUT2D eigenvalue weighted by molar-refractivity contribution is -0.274. The molecular formula is C19H21F3N4O2. The maximum Gasteiger partial charge on any atom is 0.573 e. The van der Waals surface area contributed by atoms with Crippen LogP contribution in [0.5, 0.6) is 5.75 Å². The Morgan fingerprint density at radius 1 is 1.11 bits per heavy atom. The predicted octanol–water partition coefficient (Wildman–Crippen LogP) is 3.13. The number of carbonyl (C=O) groups excluding carboxylic acids is 1. The van der Waals surface area contributed by atoms with Crippen LogP contribution in [0.3, 0.4) is 0 Å². The standard InChI is InChI=1S/C19H21F3N4O2/c1-14(25-10-12-26(13-11-25)17-4-2-3-9-23-17)18(27)24-15-5-7-16(8-6-15)28-19(20,21)22/h2-9,14H,10-13H2,1H3,(H,24,27)/t14-/m1/s1. The van der Waals surface area contributed by atoms with Crippen LogP contribution in [0.4, 0.5) is 24.7 Å². The van der Waals surface area contributed by atoms with Crippen LogP contribution in [0.25, 0.3) is 0 Å². The van der Waals surface area contributed by atoms with Crippen molar-refractivity contribution < 1.29 is 22.7 Å². The van der Waals surface area contributed by atoms with Crippen LogP contribution < -0.4 is 15.0 Å². The van der Waals surface area contributed by atoms with Gasteiger partial charge in [0.25, 0.3) is 0 Å². The van der Waals surface area contributed by atoms with Crippen LogP contribution in [0, 0.1) is 0 Å². The van der Waals surface area contributed by atoms with Crippen molar-refractivity contribution in [2.24, 2.45) is 0 Å². The zero-order valence-electron chi connectivity index (χ0n) is 15.3. The first-order chi connectivity index (χ1) is 13.3. The number of piperazine rings is 1. The minimum absolute atomic E-state index is 0.212. The molecule has 0 radical (unpaired) electrons. The molecule has 1 aromatic heterocycles. The molecular weight excluding hydrogens is 373 g/mol. The van der Waals surface area contributed by atoms with E-state index in [1.54, 1.807) is 6.20 Å². The number of alkyl halides is 3. The summed E-state index contributed by atoms with van der Waals surface area (Å²) in [6.07, 6.45) is -2.99. The third-order valence-electron chi connectivity index (χ3n) is 4.57. The minimum atomic E-state index is -4.74. The average molecular weight is 394 g/mol. The molecule has 1 atom stereocenters. The number of anilines is 2. The number of carbonyl (C=O) groups is 1. The summed E-state index contributed by atoms with van der Waals surface area (Å²) < 4.78 is 40.4. The van der Waals surface area contributed by atoms with Gasteiger partial charge in [0.05, 0.1) is 6.04 Å². The fourth-order valence-electron chi connectivity index (χ4n) is 3.03. The largest absolute Gasteiger partial charge is 0.573 e. The van der Waals surface area contributed by atoms with Gasteiger partial charge in [-0.25, -0.2) is 4.98 Å². The van der Waals surface area contributed by atoms with E-state index in [0.29, 0.717) is 18.8 Å². The fraction of sp³-hybridized carbons (Fsp3) is 0.368. The second kappa shape index (κ2) is 8.47. The van der Waals surface area contributed by atoms with Crippen molar-refractivity contribution >= 4 is 17.4 Å². The van der Waals surface area contributed by atoms with Gasteiger partial charge in [-0.3, -0.25) is 9.69 Å². The van der Waals surface area contributed by atoms with E-state index in [9.17, 15) is 18.0 Å². The molecule has 28 heavy (non-hydrogen) atoms. The van der Waals surface area contributed by atoms with Crippen LogP contribution in [-0.2, 0) is 4.79 Å². The van der Waals surface area contributed by atoms with Crippen LogP contribution in [-0.4, -0.2) is 54.4 Å². The average Bonchev–Trinajstić information content (AvgIpc) is 2.68. The molecule has 1 aliphatic heterocycles. The first-order valence-corrected chi connectivity index (χ1v) is 8.88. The van der Waals surface area contributed by atoms with Crippen molar-refractivity contribution in [3.63, 3.8) is 0 Å². The van der Waals surface area contributed by atoms with Crippen molar-refractivity contribution in [2.75, 3.05) is 36.4 Å². The first-order valence-electron chi connectivity index (χ1n) is 8.88. The number of hydrogen-bond acceptors (Lipinski definition) is 5. The molecule has 1 N–H and O–H groups in total. The zero-order chi connectivity index (χ0) is 20.1. The SMILES string of the molecule is C[C@H](C(=O)Nc1ccc(OC(F)(F)F)cc1)N1CCN(c2ccccn2)CC1. The Morgan fingerprint density at radius 2 is 1.79 bits per heavy atom. The summed E-state index contributed by atoms with van der Waals surface area (Å²) in [5.41, 5.74) is 0.415. The molecule has 3 rings (SSSR count). The van der Waals surface area contributed by atoms with Crippen LogP contribution in [0.15, 0.2) is 48.7 Å². The highest BCUT2D eigenvalue weighted by Gasteiger charge is 2.31. The summed E-state index contributed by atoms with van der Waals surface area (Å²) in [5.74, 6) is 0.375. The maximum atomic E-state index is 12.5. The molecule has 1 amide bonds. The summed E-state index contributed by atoms with van der Waals surface area (Å²) in [6.45, 7) is 4.76. The molecule has 0 aliphatic carbocycles. The Kier molecular flexibility index (Phi) is 6.03.